The van der Waals surface area contributed by atoms with Gasteiger partial charge in [-0.15, -0.1) is 0 Å². The first-order valence-corrected chi connectivity index (χ1v) is 5.97. The van der Waals surface area contributed by atoms with Crippen molar-refractivity contribution in [2.24, 2.45) is 0 Å². The van der Waals surface area contributed by atoms with E-state index in [9.17, 15) is 9.18 Å². The summed E-state index contributed by atoms with van der Waals surface area (Å²) < 4.78 is 19.3. The minimum absolute atomic E-state index is 0.0352. The minimum atomic E-state index is -1.14. The fourth-order valence-corrected chi connectivity index (χ4v) is 1.80. The van der Waals surface area contributed by atoms with Gasteiger partial charge in [0.25, 0.3) is 5.88 Å². The van der Waals surface area contributed by atoms with Crippen LogP contribution in [0.4, 0.5) is 4.39 Å². The average molecular weight is 359 g/mol. The van der Waals surface area contributed by atoms with Gasteiger partial charge >= 0.3 is 5.97 Å². The third kappa shape index (κ3) is 2.76. The van der Waals surface area contributed by atoms with E-state index >= 15 is 0 Å². The van der Waals surface area contributed by atoms with Crippen LogP contribution in [-0.4, -0.2) is 16.1 Å². The Kier molecular flexibility index (Phi) is 3.75. The second kappa shape index (κ2) is 5.30. The molecule has 0 saturated heterocycles. The van der Waals surface area contributed by atoms with Gasteiger partial charge in [0, 0.05) is 9.77 Å². The SMILES string of the molecule is O=C(O)c1cc(I)ccc1Oc1ncccc1F. The molecule has 18 heavy (non-hydrogen) atoms. The highest BCUT2D eigenvalue weighted by Gasteiger charge is 2.14. The number of rotatable bonds is 3. The topological polar surface area (TPSA) is 59.4 Å². The molecule has 0 fully saturated rings. The smallest absolute Gasteiger partial charge is 0.339 e. The summed E-state index contributed by atoms with van der Waals surface area (Å²) in [5, 5.41) is 9.04. The number of carbonyl (C=O) groups is 1. The van der Waals surface area contributed by atoms with E-state index in [0.717, 1.165) is 3.57 Å². The number of pyridine rings is 1. The van der Waals surface area contributed by atoms with Gasteiger partial charge in [0.2, 0.25) is 0 Å². The lowest BCUT2D eigenvalue weighted by Crippen LogP contribution is -2.02. The first-order chi connectivity index (χ1) is 8.58. The molecule has 2 aromatic rings. The van der Waals surface area contributed by atoms with Crippen molar-refractivity contribution in [2.45, 2.75) is 0 Å². The third-order valence-corrected chi connectivity index (χ3v) is 2.77. The molecule has 0 unspecified atom stereocenters. The lowest BCUT2D eigenvalue weighted by molar-refractivity contribution is 0.0694. The van der Waals surface area contributed by atoms with E-state index in [4.69, 9.17) is 9.84 Å². The number of carboxylic acid groups (broad SMARTS) is 1. The lowest BCUT2D eigenvalue weighted by atomic mass is 10.2. The number of hydrogen-bond acceptors (Lipinski definition) is 3. The van der Waals surface area contributed by atoms with Crippen molar-refractivity contribution < 1.29 is 19.0 Å². The number of aromatic nitrogens is 1. The summed E-state index contributed by atoms with van der Waals surface area (Å²) in [6, 6.07) is 7.20. The minimum Gasteiger partial charge on any atom is -0.478 e. The zero-order valence-corrected chi connectivity index (χ0v) is 11.1. The molecule has 0 saturated carbocycles. The Hall–Kier alpha value is -1.70. The van der Waals surface area contributed by atoms with Crippen LogP contribution in [0.3, 0.4) is 0 Å². The lowest BCUT2D eigenvalue weighted by Gasteiger charge is -2.08. The molecule has 0 radical (unpaired) electrons. The first kappa shape index (κ1) is 12.7. The molecule has 0 aliphatic heterocycles. The second-order valence-corrected chi connectivity index (χ2v) is 4.58. The van der Waals surface area contributed by atoms with Crippen LogP contribution >= 0.6 is 22.6 Å². The number of aromatic carboxylic acids is 1. The monoisotopic (exact) mass is 359 g/mol. The predicted molar refractivity (Wildman–Crippen MR) is 70.4 cm³/mol. The molecule has 1 aromatic heterocycles. The Morgan fingerprint density at radius 3 is 2.83 bits per heavy atom. The highest BCUT2D eigenvalue weighted by atomic mass is 127. The van der Waals surface area contributed by atoms with Gasteiger partial charge in [-0.05, 0) is 52.9 Å². The zero-order valence-electron chi connectivity index (χ0n) is 8.93. The molecule has 0 bridgehead atoms. The molecule has 0 spiro atoms. The van der Waals surface area contributed by atoms with Crippen molar-refractivity contribution in [1.29, 1.82) is 0 Å². The number of nitrogens with zero attached hydrogens (tertiary/aromatic N) is 1. The van der Waals surface area contributed by atoms with Crippen LogP contribution in [0.15, 0.2) is 36.5 Å². The Morgan fingerprint density at radius 1 is 1.39 bits per heavy atom. The third-order valence-electron chi connectivity index (χ3n) is 2.10. The zero-order chi connectivity index (χ0) is 13.1. The van der Waals surface area contributed by atoms with Gasteiger partial charge in [0.15, 0.2) is 5.82 Å². The summed E-state index contributed by atoms with van der Waals surface area (Å²) in [5.74, 6) is -1.98. The molecule has 0 amide bonds. The van der Waals surface area contributed by atoms with Crippen LogP contribution in [0, 0.1) is 9.39 Å². The van der Waals surface area contributed by atoms with Crippen molar-refractivity contribution >= 4 is 28.6 Å². The summed E-state index contributed by atoms with van der Waals surface area (Å²) in [6.45, 7) is 0. The fourth-order valence-electron chi connectivity index (χ4n) is 1.31. The highest BCUT2D eigenvalue weighted by molar-refractivity contribution is 14.1. The molecule has 2 rings (SSSR count). The van der Waals surface area contributed by atoms with Gasteiger partial charge in [-0.1, -0.05) is 0 Å². The van der Waals surface area contributed by atoms with E-state index in [2.05, 4.69) is 4.98 Å². The van der Waals surface area contributed by atoms with Gasteiger partial charge in [-0.2, -0.15) is 0 Å². The number of halogens is 2. The van der Waals surface area contributed by atoms with Crippen LogP contribution in [-0.2, 0) is 0 Å². The summed E-state index contributed by atoms with van der Waals surface area (Å²) in [6.07, 6.45) is 1.37. The fraction of sp³-hybridized carbons (Fsp3) is 0. The van der Waals surface area contributed by atoms with Crippen molar-refractivity contribution in [3.05, 3.63) is 51.5 Å². The van der Waals surface area contributed by atoms with Gasteiger partial charge in [-0.3, -0.25) is 0 Å². The first-order valence-electron chi connectivity index (χ1n) is 4.89. The molecule has 4 nitrogen and oxygen atoms in total. The van der Waals surface area contributed by atoms with Crippen molar-refractivity contribution in [1.82, 2.24) is 4.98 Å². The van der Waals surface area contributed by atoms with E-state index in [1.165, 1.54) is 30.5 Å². The second-order valence-electron chi connectivity index (χ2n) is 3.34. The van der Waals surface area contributed by atoms with E-state index in [-0.39, 0.29) is 17.2 Å². The maximum Gasteiger partial charge on any atom is 0.339 e. The van der Waals surface area contributed by atoms with Crippen molar-refractivity contribution in [3.63, 3.8) is 0 Å². The van der Waals surface area contributed by atoms with Crippen molar-refractivity contribution in [2.75, 3.05) is 0 Å². The number of hydrogen-bond donors (Lipinski definition) is 1. The largest absolute Gasteiger partial charge is 0.478 e. The summed E-state index contributed by atoms with van der Waals surface area (Å²) >= 11 is 1.98. The quantitative estimate of drug-likeness (QED) is 0.855. The average Bonchev–Trinajstić information content (AvgIpc) is 2.34. The number of ether oxygens (including phenoxy) is 1. The molecule has 0 aliphatic rings. The van der Waals surface area contributed by atoms with Crippen LogP contribution in [0.1, 0.15) is 10.4 Å². The molecule has 92 valence electrons. The maximum absolute atomic E-state index is 13.4. The Morgan fingerprint density at radius 2 is 2.17 bits per heavy atom. The van der Waals surface area contributed by atoms with Gasteiger partial charge in [-0.25, -0.2) is 14.2 Å². The molecule has 0 aliphatic carbocycles. The summed E-state index contributed by atoms with van der Waals surface area (Å²) in [4.78, 5) is 14.8. The van der Waals surface area contributed by atoms with Gasteiger partial charge in [0.05, 0.1) is 0 Å². The Balaban J connectivity index is 2.41. The highest BCUT2D eigenvalue weighted by Crippen LogP contribution is 2.27. The standard InChI is InChI=1S/C12H7FINO3/c13-9-2-1-5-15-11(9)18-10-4-3-7(14)6-8(10)12(16)17/h1-6H,(H,16,17). The van der Waals surface area contributed by atoms with Gasteiger partial charge in [0.1, 0.15) is 11.3 Å². The Labute approximate surface area is 116 Å². The van der Waals surface area contributed by atoms with Crippen LogP contribution in [0.2, 0.25) is 0 Å². The maximum atomic E-state index is 13.4. The molecule has 1 heterocycles. The van der Waals surface area contributed by atoms with Gasteiger partial charge < -0.3 is 9.84 Å². The molecule has 0 atom stereocenters. The van der Waals surface area contributed by atoms with Crippen LogP contribution in [0.25, 0.3) is 0 Å². The van der Waals surface area contributed by atoms with E-state index in [0.29, 0.717) is 0 Å². The molecular weight excluding hydrogens is 352 g/mol. The van der Waals surface area contributed by atoms with Crippen LogP contribution < -0.4 is 4.74 Å². The number of benzene rings is 1. The van der Waals surface area contributed by atoms with E-state index in [1.54, 1.807) is 6.07 Å². The molecule has 6 heteroatoms. The Bertz CT molecular complexity index is 604. The predicted octanol–water partition coefficient (Wildman–Crippen LogP) is 3.32. The summed E-state index contributed by atoms with van der Waals surface area (Å²) in [7, 11) is 0. The van der Waals surface area contributed by atoms with Crippen LogP contribution in [0.5, 0.6) is 11.6 Å². The normalized spacial score (nSPS) is 10.1. The molecule has 1 aromatic carbocycles. The van der Waals surface area contributed by atoms with E-state index < -0.39 is 11.8 Å². The molecule has 1 N–H and O–H groups in total. The van der Waals surface area contributed by atoms with E-state index in [1.807, 2.05) is 22.6 Å². The number of carboxylic acids is 1. The van der Waals surface area contributed by atoms with Crippen molar-refractivity contribution in [3.8, 4) is 11.6 Å². The molecular formula is C12H7FINO3. The summed E-state index contributed by atoms with van der Waals surface area (Å²) in [5.41, 5.74) is -0.0352.